The molecule has 1 aromatic carbocycles. The summed E-state index contributed by atoms with van der Waals surface area (Å²) >= 11 is 3.28. The minimum Gasteiger partial charge on any atom is -0.316 e. The Morgan fingerprint density at radius 3 is 3.05 bits per heavy atom. The first-order chi connectivity index (χ1) is 9.10. The Morgan fingerprint density at radius 1 is 1.58 bits per heavy atom. The third-order valence-corrected chi connectivity index (χ3v) is 4.05. The smallest absolute Gasteiger partial charge is 0.275 e. The van der Waals surface area contributed by atoms with Gasteiger partial charge in [-0.1, -0.05) is 15.9 Å². The Labute approximate surface area is 121 Å². The van der Waals surface area contributed by atoms with Gasteiger partial charge in [0.15, 0.2) is 0 Å². The van der Waals surface area contributed by atoms with E-state index < -0.39 is 0 Å². The number of rotatable bonds is 4. The number of halogens is 1. The third kappa shape index (κ3) is 3.75. The van der Waals surface area contributed by atoms with Gasteiger partial charge >= 0.3 is 0 Å². The lowest BCUT2D eigenvalue weighted by Gasteiger charge is -2.32. The van der Waals surface area contributed by atoms with E-state index in [4.69, 9.17) is 0 Å². The predicted molar refractivity (Wildman–Crippen MR) is 78.2 cm³/mol. The number of nitro groups is 1. The zero-order chi connectivity index (χ0) is 13.8. The van der Waals surface area contributed by atoms with Gasteiger partial charge in [-0.25, -0.2) is 0 Å². The molecule has 0 aliphatic carbocycles. The number of likely N-dealkylation sites (tertiary alicyclic amines) is 1. The highest BCUT2D eigenvalue weighted by Crippen LogP contribution is 2.25. The number of nitrogens with one attached hydrogen (secondary N) is 1. The molecule has 104 valence electrons. The quantitative estimate of drug-likeness (QED) is 0.682. The number of likely N-dealkylation sites (N-methyl/N-ethyl adjacent to an activating group) is 1. The van der Waals surface area contributed by atoms with Gasteiger partial charge in [0.1, 0.15) is 0 Å². The molecular weight excluding hydrogens is 310 g/mol. The summed E-state index contributed by atoms with van der Waals surface area (Å²) in [6, 6.07) is 5.77. The molecule has 1 N–H and O–H groups in total. The minimum absolute atomic E-state index is 0.195. The Bertz CT molecular complexity index is 467. The van der Waals surface area contributed by atoms with Crippen LogP contribution in [0.25, 0.3) is 0 Å². The monoisotopic (exact) mass is 327 g/mol. The highest BCUT2D eigenvalue weighted by Gasteiger charge is 2.21. The van der Waals surface area contributed by atoms with Crippen LogP contribution >= 0.6 is 15.9 Å². The van der Waals surface area contributed by atoms with E-state index in [2.05, 4.69) is 26.1 Å². The Morgan fingerprint density at radius 2 is 2.37 bits per heavy atom. The zero-order valence-corrected chi connectivity index (χ0v) is 12.5. The van der Waals surface area contributed by atoms with E-state index in [9.17, 15) is 10.1 Å². The van der Waals surface area contributed by atoms with Crippen molar-refractivity contribution in [1.82, 2.24) is 10.2 Å². The molecule has 0 saturated carbocycles. The molecule has 2 rings (SSSR count). The lowest BCUT2D eigenvalue weighted by molar-refractivity contribution is -0.385. The maximum absolute atomic E-state index is 11.1. The van der Waals surface area contributed by atoms with E-state index in [-0.39, 0.29) is 10.6 Å². The number of hydrogen-bond acceptors (Lipinski definition) is 4. The standard InChI is InChI=1S/C13H18BrN3O2/c1-15-12-3-2-6-16(9-12)8-10-4-5-11(14)7-13(10)17(18)19/h4-5,7,12,15H,2-3,6,8-9H2,1H3. The van der Waals surface area contributed by atoms with Crippen molar-refractivity contribution in [3.63, 3.8) is 0 Å². The maximum Gasteiger partial charge on any atom is 0.275 e. The number of nitrogens with zero attached hydrogens (tertiary/aromatic N) is 2. The summed E-state index contributed by atoms with van der Waals surface area (Å²) in [5.41, 5.74) is 0.978. The molecule has 0 spiro atoms. The fourth-order valence-electron chi connectivity index (χ4n) is 2.52. The summed E-state index contributed by atoms with van der Waals surface area (Å²) in [6.07, 6.45) is 2.31. The molecule has 1 aliphatic heterocycles. The molecule has 0 aromatic heterocycles. The van der Waals surface area contributed by atoms with E-state index in [0.29, 0.717) is 12.6 Å². The van der Waals surface area contributed by atoms with Crippen molar-refractivity contribution in [1.29, 1.82) is 0 Å². The third-order valence-electron chi connectivity index (χ3n) is 3.55. The van der Waals surface area contributed by atoms with Gasteiger partial charge in [0, 0.05) is 35.2 Å². The summed E-state index contributed by atoms with van der Waals surface area (Å²) in [6.45, 7) is 2.59. The van der Waals surface area contributed by atoms with Crippen molar-refractivity contribution in [2.45, 2.75) is 25.4 Å². The molecule has 5 nitrogen and oxygen atoms in total. The van der Waals surface area contributed by atoms with E-state index in [1.807, 2.05) is 19.2 Å². The van der Waals surface area contributed by atoms with Crippen LogP contribution in [0.2, 0.25) is 0 Å². The van der Waals surface area contributed by atoms with Crippen molar-refractivity contribution in [2.24, 2.45) is 0 Å². The minimum atomic E-state index is -0.306. The SMILES string of the molecule is CNC1CCCN(Cc2ccc(Br)cc2[N+](=O)[O-])C1. The van der Waals surface area contributed by atoms with Gasteiger partial charge < -0.3 is 5.32 Å². The summed E-state index contributed by atoms with van der Waals surface area (Å²) in [4.78, 5) is 13.1. The molecule has 1 atom stereocenters. The molecule has 1 aliphatic rings. The molecule has 1 saturated heterocycles. The second-order valence-electron chi connectivity index (χ2n) is 4.89. The maximum atomic E-state index is 11.1. The van der Waals surface area contributed by atoms with E-state index in [1.165, 1.54) is 6.42 Å². The van der Waals surface area contributed by atoms with Crippen LogP contribution in [0, 0.1) is 10.1 Å². The highest BCUT2D eigenvalue weighted by atomic mass is 79.9. The van der Waals surface area contributed by atoms with Gasteiger partial charge in [-0.2, -0.15) is 0 Å². The molecule has 1 aromatic rings. The van der Waals surface area contributed by atoms with Crippen LogP contribution in [0.5, 0.6) is 0 Å². The summed E-state index contributed by atoms with van der Waals surface area (Å²) in [7, 11) is 1.97. The van der Waals surface area contributed by atoms with Crippen LogP contribution in [0.1, 0.15) is 18.4 Å². The summed E-state index contributed by atoms with van der Waals surface area (Å²) < 4.78 is 0.745. The molecule has 19 heavy (non-hydrogen) atoms. The molecule has 0 bridgehead atoms. The van der Waals surface area contributed by atoms with Crippen molar-refractivity contribution in [3.8, 4) is 0 Å². The lowest BCUT2D eigenvalue weighted by Crippen LogP contribution is -2.43. The van der Waals surface area contributed by atoms with Crippen molar-refractivity contribution in [2.75, 3.05) is 20.1 Å². The number of benzene rings is 1. The first kappa shape index (κ1) is 14.4. The Hall–Kier alpha value is -0.980. The average Bonchev–Trinajstić information content (AvgIpc) is 2.41. The number of nitro benzene ring substituents is 1. The highest BCUT2D eigenvalue weighted by molar-refractivity contribution is 9.10. The van der Waals surface area contributed by atoms with E-state index in [1.54, 1.807) is 6.07 Å². The van der Waals surface area contributed by atoms with Gasteiger partial charge in [0.25, 0.3) is 5.69 Å². The first-order valence-electron chi connectivity index (χ1n) is 6.42. The van der Waals surface area contributed by atoms with Crippen molar-refractivity contribution < 1.29 is 4.92 Å². The molecule has 6 heteroatoms. The topological polar surface area (TPSA) is 58.4 Å². The molecule has 0 radical (unpaired) electrons. The van der Waals surface area contributed by atoms with Crippen molar-refractivity contribution in [3.05, 3.63) is 38.3 Å². The Balaban J connectivity index is 2.12. The van der Waals surface area contributed by atoms with Crippen LogP contribution in [0.4, 0.5) is 5.69 Å². The normalized spacial score (nSPS) is 20.4. The largest absolute Gasteiger partial charge is 0.316 e. The van der Waals surface area contributed by atoms with Gasteiger partial charge in [0.05, 0.1) is 4.92 Å². The van der Waals surface area contributed by atoms with E-state index in [0.717, 1.165) is 29.5 Å². The van der Waals surface area contributed by atoms with Crippen LogP contribution in [-0.2, 0) is 6.54 Å². The van der Waals surface area contributed by atoms with Crippen LogP contribution < -0.4 is 5.32 Å². The first-order valence-corrected chi connectivity index (χ1v) is 7.22. The van der Waals surface area contributed by atoms with Gasteiger partial charge in [-0.05, 0) is 38.6 Å². The van der Waals surface area contributed by atoms with E-state index >= 15 is 0 Å². The molecule has 1 unspecified atom stereocenters. The zero-order valence-electron chi connectivity index (χ0n) is 10.9. The van der Waals surface area contributed by atoms with Gasteiger partial charge in [-0.15, -0.1) is 0 Å². The Kier molecular flexibility index (Phi) is 4.90. The van der Waals surface area contributed by atoms with Gasteiger partial charge in [0.2, 0.25) is 0 Å². The van der Waals surface area contributed by atoms with Crippen molar-refractivity contribution >= 4 is 21.6 Å². The average molecular weight is 328 g/mol. The second kappa shape index (κ2) is 6.45. The molecule has 0 amide bonds. The summed E-state index contributed by atoms with van der Waals surface area (Å²) in [5.74, 6) is 0. The van der Waals surface area contributed by atoms with Crippen LogP contribution in [0.3, 0.4) is 0 Å². The molecule has 1 fully saturated rings. The van der Waals surface area contributed by atoms with Crippen LogP contribution in [-0.4, -0.2) is 36.0 Å². The number of hydrogen-bond donors (Lipinski definition) is 1. The number of piperidine rings is 1. The molecule has 1 heterocycles. The van der Waals surface area contributed by atoms with Gasteiger partial charge in [-0.3, -0.25) is 15.0 Å². The predicted octanol–water partition coefficient (Wildman–Crippen LogP) is 2.54. The molecular formula is C13H18BrN3O2. The fourth-order valence-corrected chi connectivity index (χ4v) is 2.87. The summed E-state index contributed by atoms with van der Waals surface area (Å²) in [5, 5.41) is 14.4. The second-order valence-corrected chi connectivity index (χ2v) is 5.81. The lowest BCUT2D eigenvalue weighted by atomic mass is 10.0. The fraction of sp³-hybridized carbons (Fsp3) is 0.538. The van der Waals surface area contributed by atoms with Crippen LogP contribution in [0.15, 0.2) is 22.7 Å².